The van der Waals surface area contributed by atoms with E-state index < -0.39 is 5.82 Å². The first-order valence-corrected chi connectivity index (χ1v) is 10.1. The van der Waals surface area contributed by atoms with Gasteiger partial charge in [-0.15, -0.1) is 0 Å². The SMILES string of the molecule is COc1c(C)ccc2nc(-c3c(F)cccc3Cl)c(Nc3ccc4c(c3)OCCO4)n12. The summed E-state index contributed by atoms with van der Waals surface area (Å²) in [5.74, 6) is 1.97. The number of fused-ring (bicyclic) bond motifs is 2. The van der Waals surface area contributed by atoms with E-state index in [4.69, 9.17) is 25.8 Å². The van der Waals surface area contributed by atoms with Crippen LogP contribution in [0.5, 0.6) is 17.4 Å². The molecule has 0 saturated carbocycles. The third-order valence-electron chi connectivity index (χ3n) is 5.12. The van der Waals surface area contributed by atoms with Crippen LogP contribution >= 0.6 is 11.6 Å². The van der Waals surface area contributed by atoms with Crippen LogP contribution in [-0.2, 0) is 0 Å². The van der Waals surface area contributed by atoms with Crippen LogP contribution in [0, 0.1) is 12.7 Å². The fourth-order valence-corrected chi connectivity index (χ4v) is 3.98. The molecule has 2 aromatic heterocycles. The molecule has 0 unspecified atom stereocenters. The zero-order valence-corrected chi connectivity index (χ0v) is 17.7. The van der Waals surface area contributed by atoms with Crippen molar-refractivity contribution in [3.63, 3.8) is 0 Å². The number of aryl methyl sites for hydroxylation is 1. The van der Waals surface area contributed by atoms with Gasteiger partial charge in [-0.05, 0) is 37.3 Å². The molecule has 5 rings (SSSR count). The predicted molar refractivity (Wildman–Crippen MR) is 118 cm³/mol. The monoisotopic (exact) mass is 439 g/mol. The quantitative estimate of drug-likeness (QED) is 0.447. The highest BCUT2D eigenvalue weighted by Gasteiger charge is 2.23. The Morgan fingerprint density at radius 1 is 1.10 bits per heavy atom. The van der Waals surface area contributed by atoms with Gasteiger partial charge in [-0.2, -0.15) is 0 Å². The van der Waals surface area contributed by atoms with Crippen LogP contribution in [-0.4, -0.2) is 29.7 Å². The maximum Gasteiger partial charge on any atom is 0.203 e. The number of hydrogen-bond acceptors (Lipinski definition) is 5. The number of anilines is 2. The Kier molecular flexibility index (Phi) is 4.82. The van der Waals surface area contributed by atoms with E-state index >= 15 is 0 Å². The molecule has 0 atom stereocenters. The van der Waals surface area contributed by atoms with E-state index in [0.717, 1.165) is 11.3 Å². The Bertz CT molecular complexity index is 1280. The molecule has 3 heterocycles. The number of pyridine rings is 1. The highest BCUT2D eigenvalue weighted by atomic mass is 35.5. The maximum absolute atomic E-state index is 14.8. The zero-order valence-electron chi connectivity index (χ0n) is 16.9. The van der Waals surface area contributed by atoms with Crippen molar-refractivity contribution in [2.75, 3.05) is 25.6 Å². The van der Waals surface area contributed by atoms with E-state index in [9.17, 15) is 4.39 Å². The minimum atomic E-state index is -0.461. The molecule has 0 spiro atoms. The lowest BCUT2D eigenvalue weighted by Gasteiger charge is -2.19. The van der Waals surface area contributed by atoms with E-state index in [1.54, 1.807) is 19.2 Å². The zero-order chi connectivity index (χ0) is 21.5. The molecule has 4 aromatic rings. The summed E-state index contributed by atoms with van der Waals surface area (Å²) in [6.45, 7) is 2.93. The molecule has 1 N–H and O–H groups in total. The Hall–Kier alpha value is -3.45. The Labute approximate surface area is 183 Å². The predicted octanol–water partition coefficient (Wildman–Crippen LogP) is 5.63. The number of aromatic nitrogens is 2. The number of methoxy groups -OCH3 is 1. The number of nitrogens with zero attached hydrogens (tertiary/aromatic N) is 2. The smallest absolute Gasteiger partial charge is 0.203 e. The van der Waals surface area contributed by atoms with Gasteiger partial charge in [-0.25, -0.2) is 13.8 Å². The average Bonchev–Trinajstić information content (AvgIpc) is 3.11. The molecular formula is C23H19ClFN3O3. The van der Waals surface area contributed by atoms with Crippen LogP contribution in [0.2, 0.25) is 5.02 Å². The summed E-state index contributed by atoms with van der Waals surface area (Å²) in [4.78, 5) is 4.68. The molecule has 31 heavy (non-hydrogen) atoms. The lowest BCUT2D eigenvalue weighted by atomic mass is 10.1. The second kappa shape index (κ2) is 7.67. The molecule has 1 aliphatic heterocycles. The van der Waals surface area contributed by atoms with Gasteiger partial charge in [-0.1, -0.05) is 23.7 Å². The van der Waals surface area contributed by atoms with Gasteiger partial charge in [0, 0.05) is 17.3 Å². The van der Waals surface area contributed by atoms with Gasteiger partial charge in [-0.3, -0.25) is 0 Å². The van der Waals surface area contributed by atoms with Crippen molar-refractivity contribution in [1.29, 1.82) is 0 Å². The van der Waals surface area contributed by atoms with Gasteiger partial charge in [0.25, 0.3) is 0 Å². The number of hydrogen-bond donors (Lipinski definition) is 1. The van der Waals surface area contributed by atoms with E-state index in [0.29, 0.717) is 47.8 Å². The fraction of sp³-hybridized carbons (Fsp3) is 0.174. The van der Waals surface area contributed by atoms with Crippen LogP contribution in [0.3, 0.4) is 0 Å². The largest absolute Gasteiger partial charge is 0.486 e. The van der Waals surface area contributed by atoms with E-state index in [2.05, 4.69) is 10.3 Å². The third kappa shape index (κ3) is 3.31. The molecule has 158 valence electrons. The van der Waals surface area contributed by atoms with Crippen molar-refractivity contribution in [1.82, 2.24) is 9.38 Å². The third-order valence-corrected chi connectivity index (χ3v) is 5.44. The Morgan fingerprint density at radius 3 is 2.68 bits per heavy atom. The highest BCUT2D eigenvalue weighted by Crippen LogP contribution is 2.40. The molecule has 2 aromatic carbocycles. The summed E-state index contributed by atoms with van der Waals surface area (Å²) in [5.41, 5.74) is 2.82. The van der Waals surface area contributed by atoms with Gasteiger partial charge in [0.15, 0.2) is 11.5 Å². The molecule has 6 nitrogen and oxygen atoms in total. The number of rotatable bonds is 4. The lowest BCUT2D eigenvalue weighted by Crippen LogP contribution is -2.15. The summed E-state index contributed by atoms with van der Waals surface area (Å²) in [6, 6.07) is 13.9. The van der Waals surface area contributed by atoms with Crippen LogP contribution in [0.25, 0.3) is 16.9 Å². The topological polar surface area (TPSA) is 57.0 Å². The van der Waals surface area contributed by atoms with E-state index in [-0.39, 0.29) is 10.6 Å². The second-order valence-corrected chi connectivity index (χ2v) is 7.52. The minimum absolute atomic E-state index is 0.215. The fourth-order valence-electron chi connectivity index (χ4n) is 3.73. The average molecular weight is 440 g/mol. The first kappa shape index (κ1) is 19.5. The second-order valence-electron chi connectivity index (χ2n) is 7.11. The standard InChI is InChI=1S/C23H19ClFN3O3/c1-13-6-9-19-27-21(20-15(24)4-3-5-16(20)25)22(28(19)23(13)29-2)26-14-7-8-17-18(12-14)31-11-10-30-17/h3-9,12,26H,10-11H2,1-2H3. The number of ether oxygens (including phenoxy) is 3. The van der Waals surface area contributed by atoms with Crippen molar-refractivity contribution in [2.45, 2.75) is 6.92 Å². The van der Waals surface area contributed by atoms with Crippen LogP contribution in [0.4, 0.5) is 15.9 Å². The lowest BCUT2D eigenvalue weighted by molar-refractivity contribution is 0.171. The molecule has 0 saturated heterocycles. The van der Waals surface area contributed by atoms with Gasteiger partial charge >= 0.3 is 0 Å². The number of imidazole rings is 1. The molecule has 1 aliphatic rings. The van der Waals surface area contributed by atoms with Crippen molar-refractivity contribution in [3.05, 3.63) is 64.9 Å². The first-order valence-electron chi connectivity index (χ1n) is 9.74. The first-order chi connectivity index (χ1) is 15.1. The van der Waals surface area contributed by atoms with E-state index in [1.165, 1.54) is 6.07 Å². The van der Waals surface area contributed by atoms with E-state index in [1.807, 2.05) is 41.7 Å². The summed E-state index contributed by atoms with van der Waals surface area (Å²) >= 11 is 6.38. The Morgan fingerprint density at radius 2 is 1.90 bits per heavy atom. The summed E-state index contributed by atoms with van der Waals surface area (Å²) in [6.07, 6.45) is 0. The summed E-state index contributed by atoms with van der Waals surface area (Å²) in [7, 11) is 1.59. The van der Waals surface area contributed by atoms with Crippen molar-refractivity contribution >= 4 is 28.8 Å². The molecular weight excluding hydrogens is 421 g/mol. The van der Waals surface area contributed by atoms with Gasteiger partial charge in [0.1, 0.15) is 36.2 Å². The van der Waals surface area contributed by atoms with Gasteiger partial charge in [0.05, 0.1) is 17.7 Å². The van der Waals surface area contributed by atoms with Crippen molar-refractivity contribution in [2.24, 2.45) is 0 Å². The van der Waals surface area contributed by atoms with Gasteiger partial charge < -0.3 is 19.5 Å². The molecule has 0 radical (unpaired) electrons. The molecule has 0 aliphatic carbocycles. The van der Waals surface area contributed by atoms with Crippen LogP contribution in [0.1, 0.15) is 5.56 Å². The number of nitrogens with one attached hydrogen (secondary N) is 1. The van der Waals surface area contributed by atoms with Crippen molar-refractivity contribution in [3.8, 4) is 28.6 Å². The number of halogens is 2. The summed E-state index contributed by atoms with van der Waals surface area (Å²) in [5, 5.41) is 3.63. The highest BCUT2D eigenvalue weighted by molar-refractivity contribution is 6.33. The molecule has 8 heteroatoms. The van der Waals surface area contributed by atoms with Crippen molar-refractivity contribution < 1.29 is 18.6 Å². The molecule has 0 amide bonds. The molecule has 0 bridgehead atoms. The normalized spacial score (nSPS) is 12.8. The Balaban J connectivity index is 1.74. The van der Waals surface area contributed by atoms with Crippen LogP contribution < -0.4 is 19.5 Å². The molecule has 0 fully saturated rings. The van der Waals surface area contributed by atoms with Crippen LogP contribution in [0.15, 0.2) is 48.5 Å². The van der Waals surface area contributed by atoms with Gasteiger partial charge in [0.2, 0.25) is 5.88 Å². The number of benzene rings is 2. The maximum atomic E-state index is 14.8. The summed E-state index contributed by atoms with van der Waals surface area (Å²) < 4.78 is 33.6. The minimum Gasteiger partial charge on any atom is -0.486 e.